The molecule has 0 bridgehead atoms. The van der Waals surface area contributed by atoms with Crippen molar-refractivity contribution in [1.82, 2.24) is 9.80 Å². The standard InChI is InChI=1S/C9H19N3O/c1-7-4-8(10)6-12(5-7)9(13)11(2)3/h7-8H,4-6,10H2,1-3H3. The maximum atomic E-state index is 11.6. The third-order valence-corrected chi connectivity index (χ3v) is 2.35. The first-order chi connectivity index (χ1) is 6.00. The maximum absolute atomic E-state index is 11.6. The van der Waals surface area contributed by atoms with Crippen LogP contribution in [-0.2, 0) is 0 Å². The second-order valence-electron chi connectivity index (χ2n) is 4.18. The van der Waals surface area contributed by atoms with Crippen LogP contribution >= 0.6 is 0 Å². The van der Waals surface area contributed by atoms with Crippen LogP contribution in [0.5, 0.6) is 0 Å². The number of hydrogen-bond acceptors (Lipinski definition) is 2. The normalized spacial score (nSPS) is 28.8. The van der Waals surface area contributed by atoms with Crippen LogP contribution in [0.2, 0.25) is 0 Å². The van der Waals surface area contributed by atoms with Crippen molar-refractivity contribution in [2.45, 2.75) is 19.4 Å². The minimum Gasteiger partial charge on any atom is -0.331 e. The molecule has 0 saturated carbocycles. The average molecular weight is 185 g/mol. The molecule has 76 valence electrons. The van der Waals surface area contributed by atoms with E-state index in [1.165, 1.54) is 0 Å². The Labute approximate surface area is 79.7 Å². The molecule has 13 heavy (non-hydrogen) atoms. The molecule has 0 aromatic carbocycles. The predicted molar refractivity (Wildman–Crippen MR) is 52.4 cm³/mol. The van der Waals surface area contributed by atoms with Gasteiger partial charge in [-0.1, -0.05) is 6.92 Å². The van der Waals surface area contributed by atoms with Gasteiger partial charge in [-0.15, -0.1) is 0 Å². The molecule has 1 aliphatic heterocycles. The van der Waals surface area contributed by atoms with Crippen LogP contribution in [0.4, 0.5) is 4.79 Å². The Hall–Kier alpha value is -0.770. The summed E-state index contributed by atoms with van der Waals surface area (Å²) < 4.78 is 0. The maximum Gasteiger partial charge on any atom is 0.319 e. The minimum atomic E-state index is 0.0713. The summed E-state index contributed by atoms with van der Waals surface area (Å²) >= 11 is 0. The number of nitrogens with zero attached hydrogens (tertiary/aromatic N) is 2. The highest BCUT2D eigenvalue weighted by molar-refractivity contribution is 5.74. The number of rotatable bonds is 0. The average Bonchev–Trinajstić information content (AvgIpc) is 2.01. The minimum absolute atomic E-state index is 0.0713. The van der Waals surface area contributed by atoms with Crippen LogP contribution in [0.1, 0.15) is 13.3 Å². The summed E-state index contributed by atoms with van der Waals surface area (Å²) in [6, 6.07) is 0.217. The Kier molecular flexibility index (Phi) is 3.14. The zero-order valence-corrected chi connectivity index (χ0v) is 8.66. The summed E-state index contributed by atoms with van der Waals surface area (Å²) in [6.07, 6.45) is 1.03. The Bertz CT molecular complexity index is 183. The largest absolute Gasteiger partial charge is 0.331 e. The molecular weight excluding hydrogens is 166 g/mol. The summed E-state index contributed by atoms with van der Waals surface area (Å²) in [5.41, 5.74) is 5.84. The van der Waals surface area contributed by atoms with E-state index in [0.717, 1.165) is 13.0 Å². The van der Waals surface area contributed by atoms with Gasteiger partial charge in [0.15, 0.2) is 0 Å². The van der Waals surface area contributed by atoms with Crippen molar-refractivity contribution in [2.75, 3.05) is 27.2 Å². The van der Waals surface area contributed by atoms with Crippen molar-refractivity contribution in [2.24, 2.45) is 11.7 Å². The van der Waals surface area contributed by atoms with Gasteiger partial charge < -0.3 is 15.5 Å². The first kappa shape index (κ1) is 10.3. The van der Waals surface area contributed by atoms with E-state index in [2.05, 4.69) is 6.92 Å². The Morgan fingerprint density at radius 3 is 2.54 bits per heavy atom. The van der Waals surface area contributed by atoms with Crippen LogP contribution in [0, 0.1) is 5.92 Å². The molecule has 1 aliphatic rings. The number of urea groups is 1. The lowest BCUT2D eigenvalue weighted by molar-refractivity contribution is 0.138. The number of carbonyl (C=O) groups excluding carboxylic acids is 1. The van der Waals surface area contributed by atoms with Gasteiger partial charge >= 0.3 is 6.03 Å². The molecule has 1 fully saturated rings. The lowest BCUT2D eigenvalue weighted by Gasteiger charge is -2.36. The predicted octanol–water partition coefficient (Wildman–Crippen LogP) is 0.337. The molecule has 2 atom stereocenters. The van der Waals surface area contributed by atoms with E-state index in [4.69, 9.17) is 5.73 Å². The van der Waals surface area contributed by atoms with E-state index >= 15 is 0 Å². The topological polar surface area (TPSA) is 49.6 Å². The number of piperidine rings is 1. The van der Waals surface area contributed by atoms with Gasteiger partial charge in [-0.3, -0.25) is 0 Å². The second kappa shape index (κ2) is 3.96. The van der Waals surface area contributed by atoms with Crippen molar-refractivity contribution in [3.8, 4) is 0 Å². The molecule has 2 amide bonds. The number of nitrogens with two attached hydrogens (primary N) is 1. The lowest BCUT2D eigenvalue weighted by atomic mass is 9.97. The molecule has 4 nitrogen and oxygen atoms in total. The summed E-state index contributed by atoms with van der Waals surface area (Å²) in [5, 5.41) is 0. The van der Waals surface area contributed by atoms with E-state index in [0.29, 0.717) is 12.5 Å². The van der Waals surface area contributed by atoms with Gasteiger partial charge in [0.05, 0.1) is 0 Å². The molecule has 0 radical (unpaired) electrons. The van der Waals surface area contributed by atoms with E-state index in [1.54, 1.807) is 19.0 Å². The molecule has 4 heteroatoms. The van der Waals surface area contributed by atoms with Crippen molar-refractivity contribution < 1.29 is 4.79 Å². The van der Waals surface area contributed by atoms with Crippen LogP contribution in [0.25, 0.3) is 0 Å². The van der Waals surface area contributed by atoms with Gasteiger partial charge in [0, 0.05) is 33.2 Å². The molecule has 1 heterocycles. The SMILES string of the molecule is CC1CC(N)CN(C(=O)N(C)C)C1. The fraction of sp³-hybridized carbons (Fsp3) is 0.889. The monoisotopic (exact) mass is 185 g/mol. The Morgan fingerprint density at radius 2 is 2.08 bits per heavy atom. The van der Waals surface area contributed by atoms with Crippen LogP contribution < -0.4 is 5.73 Å². The summed E-state index contributed by atoms with van der Waals surface area (Å²) in [4.78, 5) is 15.0. The number of hydrogen-bond donors (Lipinski definition) is 1. The van der Waals surface area contributed by atoms with Gasteiger partial charge in [-0.25, -0.2) is 4.79 Å². The molecular formula is C9H19N3O. The highest BCUT2D eigenvalue weighted by Crippen LogP contribution is 2.15. The summed E-state index contributed by atoms with van der Waals surface area (Å²) in [6.45, 7) is 3.67. The van der Waals surface area contributed by atoms with Crippen molar-refractivity contribution in [1.29, 1.82) is 0 Å². The molecule has 1 saturated heterocycles. The van der Waals surface area contributed by atoms with Crippen molar-refractivity contribution in [3.63, 3.8) is 0 Å². The number of likely N-dealkylation sites (tertiary alicyclic amines) is 1. The number of carbonyl (C=O) groups is 1. The van der Waals surface area contributed by atoms with Crippen LogP contribution in [0.3, 0.4) is 0 Å². The Balaban J connectivity index is 2.55. The molecule has 1 rings (SSSR count). The highest BCUT2D eigenvalue weighted by atomic mass is 16.2. The van der Waals surface area contributed by atoms with Gasteiger partial charge in [0.2, 0.25) is 0 Å². The van der Waals surface area contributed by atoms with Gasteiger partial charge in [0.1, 0.15) is 0 Å². The molecule has 2 unspecified atom stereocenters. The van der Waals surface area contributed by atoms with E-state index < -0.39 is 0 Å². The third kappa shape index (κ3) is 2.59. The molecule has 2 N–H and O–H groups in total. The molecule has 0 aliphatic carbocycles. The summed E-state index contributed by atoms with van der Waals surface area (Å²) in [7, 11) is 3.54. The van der Waals surface area contributed by atoms with Crippen molar-refractivity contribution >= 4 is 6.03 Å². The van der Waals surface area contributed by atoms with E-state index in [1.807, 2.05) is 4.90 Å². The third-order valence-electron chi connectivity index (χ3n) is 2.35. The molecule has 0 spiro atoms. The molecule has 0 aromatic rings. The highest BCUT2D eigenvalue weighted by Gasteiger charge is 2.26. The summed E-state index contributed by atoms with van der Waals surface area (Å²) in [5.74, 6) is 0.521. The fourth-order valence-electron chi connectivity index (χ4n) is 1.84. The van der Waals surface area contributed by atoms with Gasteiger partial charge in [-0.05, 0) is 12.3 Å². The Morgan fingerprint density at radius 1 is 1.46 bits per heavy atom. The smallest absolute Gasteiger partial charge is 0.319 e. The zero-order valence-electron chi connectivity index (χ0n) is 8.66. The second-order valence-corrected chi connectivity index (χ2v) is 4.18. The fourth-order valence-corrected chi connectivity index (χ4v) is 1.84. The van der Waals surface area contributed by atoms with Crippen LogP contribution in [-0.4, -0.2) is 49.1 Å². The van der Waals surface area contributed by atoms with Gasteiger partial charge in [-0.2, -0.15) is 0 Å². The molecule has 0 aromatic heterocycles. The quantitative estimate of drug-likeness (QED) is 0.591. The first-order valence-electron chi connectivity index (χ1n) is 4.72. The van der Waals surface area contributed by atoms with Crippen LogP contribution in [0.15, 0.2) is 0 Å². The van der Waals surface area contributed by atoms with Crippen molar-refractivity contribution in [3.05, 3.63) is 0 Å². The first-order valence-corrected chi connectivity index (χ1v) is 4.72. The van der Waals surface area contributed by atoms with E-state index in [9.17, 15) is 4.79 Å². The van der Waals surface area contributed by atoms with E-state index in [-0.39, 0.29) is 12.1 Å². The number of amides is 2. The zero-order chi connectivity index (χ0) is 10.0. The lowest BCUT2D eigenvalue weighted by Crippen LogP contribution is -2.51. The van der Waals surface area contributed by atoms with Gasteiger partial charge in [0.25, 0.3) is 0 Å².